The lowest BCUT2D eigenvalue weighted by Gasteiger charge is -2.65. The summed E-state index contributed by atoms with van der Waals surface area (Å²) in [6, 6.07) is 0. The molecule has 0 amide bonds. The summed E-state index contributed by atoms with van der Waals surface area (Å²) in [5.74, 6) is 0.506. The van der Waals surface area contributed by atoms with Crippen molar-refractivity contribution >= 4 is 5.97 Å². The fourth-order valence-electron chi connectivity index (χ4n) is 6.83. The molecule has 2 aliphatic heterocycles. The van der Waals surface area contributed by atoms with Gasteiger partial charge < -0.3 is 9.84 Å². The zero-order valence-electron chi connectivity index (χ0n) is 16.6. The van der Waals surface area contributed by atoms with E-state index in [0.717, 1.165) is 44.1 Å². The third-order valence-electron chi connectivity index (χ3n) is 8.06. The molecule has 3 fully saturated rings. The molecule has 2 heterocycles. The first-order valence-corrected chi connectivity index (χ1v) is 9.95. The second kappa shape index (κ2) is 5.55. The molecule has 0 aromatic heterocycles. The minimum atomic E-state index is -0.905. The van der Waals surface area contributed by atoms with Crippen molar-refractivity contribution in [3.05, 3.63) is 11.6 Å². The molecule has 146 valence electrons. The number of methoxy groups -OCH3 is 1. The molecule has 5 heteroatoms. The van der Waals surface area contributed by atoms with Gasteiger partial charge in [-0.05, 0) is 75.9 Å². The molecule has 1 N–H and O–H groups in total. The van der Waals surface area contributed by atoms with Crippen molar-refractivity contribution in [2.75, 3.05) is 7.11 Å². The van der Waals surface area contributed by atoms with Crippen LogP contribution in [0.25, 0.3) is 0 Å². The molecule has 0 aromatic rings. The fourth-order valence-corrected chi connectivity index (χ4v) is 6.83. The van der Waals surface area contributed by atoms with Gasteiger partial charge in [0, 0.05) is 5.92 Å². The summed E-state index contributed by atoms with van der Waals surface area (Å²) in [6.07, 6.45) is 7.53. The first kappa shape index (κ1) is 18.5. The molecule has 0 radical (unpaired) electrons. The van der Waals surface area contributed by atoms with Crippen LogP contribution in [0.15, 0.2) is 11.6 Å². The Bertz CT molecular complexity index is 649. The van der Waals surface area contributed by atoms with Crippen LogP contribution in [0.2, 0.25) is 0 Å². The molecule has 1 saturated heterocycles. The number of aliphatic hydroxyl groups is 1. The van der Waals surface area contributed by atoms with Gasteiger partial charge in [-0.25, -0.2) is 9.78 Å². The molecule has 0 unspecified atom stereocenters. The van der Waals surface area contributed by atoms with E-state index in [9.17, 15) is 9.90 Å². The van der Waals surface area contributed by atoms with E-state index in [1.165, 1.54) is 7.11 Å². The molecule has 1 spiro atoms. The van der Waals surface area contributed by atoms with Gasteiger partial charge in [-0.2, -0.15) is 0 Å². The molecule has 5 nitrogen and oxygen atoms in total. The van der Waals surface area contributed by atoms with Crippen molar-refractivity contribution in [2.45, 2.75) is 83.5 Å². The average Bonchev–Trinajstić information content (AvgIpc) is 2.59. The minimum Gasteiger partial charge on any atom is -0.469 e. The average molecular weight is 364 g/mol. The van der Waals surface area contributed by atoms with E-state index in [0.29, 0.717) is 5.92 Å². The van der Waals surface area contributed by atoms with Crippen molar-refractivity contribution in [3.63, 3.8) is 0 Å². The lowest BCUT2D eigenvalue weighted by molar-refractivity contribution is -0.435. The standard InChI is InChI=1S/C21H32O5/c1-18(2,23)13-12-21-10-7-15-19(3,16(21)11-14(13)25-26-21)8-6-9-20(15,4)17(22)24-5/h12,14-16,23H,6-11H2,1-5H3/t14-,15-,16-,19+,20-,21-/m1/s1. The van der Waals surface area contributed by atoms with Crippen LogP contribution in [-0.2, 0) is 19.3 Å². The van der Waals surface area contributed by atoms with Crippen molar-refractivity contribution < 1.29 is 24.4 Å². The first-order valence-electron chi connectivity index (χ1n) is 9.95. The molecular formula is C21H32O5. The first-order chi connectivity index (χ1) is 12.1. The maximum absolute atomic E-state index is 12.7. The van der Waals surface area contributed by atoms with Gasteiger partial charge in [-0.3, -0.25) is 4.79 Å². The van der Waals surface area contributed by atoms with Gasteiger partial charge in [0.25, 0.3) is 0 Å². The summed E-state index contributed by atoms with van der Waals surface area (Å²) in [7, 11) is 1.50. The number of hydrogen-bond acceptors (Lipinski definition) is 5. The van der Waals surface area contributed by atoms with Crippen molar-refractivity contribution in [2.24, 2.45) is 22.7 Å². The topological polar surface area (TPSA) is 65.0 Å². The van der Waals surface area contributed by atoms with Gasteiger partial charge in [-0.1, -0.05) is 13.3 Å². The number of rotatable bonds is 2. The van der Waals surface area contributed by atoms with E-state index in [2.05, 4.69) is 19.9 Å². The number of carbonyl (C=O) groups is 1. The Morgan fingerprint density at radius 2 is 2.00 bits per heavy atom. The zero-order chi connectivity index (χ0) is 19.0. The summed E-state index contributed by atoms with van der Waals surface area (Å²) >= 11 is 0. The number of esters is 1. The molecule has 2 saturated carbocycles. The van der Waals surface area contributed by atoms with E-state index in [4.69, 9.17) is 14.5 Å². The lowest BCUT2D eigenvalue weighted by Crippen LogP contribution is -2.65. The normalized spacial score (nSPS) is 47.6. The molecule has 5 aliphatic rings. The molecule has 3 aliphatic carbocycles. The van der Waals surface area contributed by atoms with Crippen LogP contribution in [0.5, 0.6) is 0 Å². The van der Waals surface area contributed by atoms with Crippen molar-refractivity contribution in [1.29, 1.82) is 0 Å². The number of fused-ring (bicyclic) bond motifs is 2. The van der Waals surface area contributed by atoms with E-state index in [-0.39, 0.29) is 23.4 Å². The van der Waals surface area contributed by atoms with Gasteiger partial charge in [-0.15, -0.1) is 0 Å². The molecule has 2 bridgehead atoms. The van der Waals surface area contributed by atoms with Crippen molar-refractivity contribution in [1.82, 2.24) is 0 Å². The predicted molar refractivity (Wildman–Crippen MR) is 96.0 cm³/mol. The van der Waals surface area contributed by atoms with E-state index >= 15 is 0 Å². The van der Waals surface area contributed by atoms with Gasteiger partial charge in [0.05, 0.1) is 18.1 Å². The van der Waals surface area contributed by atoms with Crippen LogP contribution in [-0.4, -0.2) is 35.5 Å². The lowest BCUT2D eigenvalue weighted by atomic mass is 9.43. The highest BCUT2D eigenvalue weighted by atomic mass is 17.2. The maximum atomic E-state index is 12.7. The van der Waals surface area contributed by atoms with Gasteiger partial charge >= 0.3 is 5.97 Å². The fraction of sp³-hybridized carbons (Fsp3) is 0.857. The van der Waals surface area contributed by atoms with Gasteiger partial charge in [0.1, 0.15) is 11.7 Å². The van der Waals surface area contributed by atoms with Gasteiger partial charge in [0.2, 0.25) is 0 Å². The molecular weight excluding hydrogens is 332 g/mol. The second-order valence-corrected chi connectivity index (χ2v) is 9.93. The van der Waals surface area contributed by atoms with Crippen LogP contribution < -0.4 is 0 Å². The van der Waals surface area contributed by atoms with Crippen LogP contribution >= 0.6 is 0 Å². The maximum Gasteiger partial charge on any atom is 0.311 e. The van der Waals surface area contributed by atoms with Crippen LogP contribution in [0.1, 0.15) is 66.2 Å². The van der Waals surface area contributed by atoms with Gasteiger partial charge in [0.15, 0.2) is 0 Å². The molecule has 0 aromatic carbocycles. The van der Waals surface area contributed by atoms with E-state index in [1.54, 1.807) is 0 Å². The Labute approximate surface area is 156 Å². The largest absolute Gasteiger partial charge is 0.469 e. The number of ether oxygens (including phenoxy) is 1. The van der Waals surface area contributed by atoms with Crippen LogP contribution in [0.3, 0.4) is 0 Å². The van der Waals surface area contributed by atoms with Crippen molar-refractivity contribution in [3.8, 4) is 0 Å². The predicted octanol–water partition coefficient (Wildman–Crippen LogP) is 3.55. The van der Waals surface area contributed by atoms with Crippen LogP contribution in [0, 0.1) is 22.7 Å². The summed E-state index contributed by atoms with van der Waals surface area (Å²) < 4.78 is 5.20. The number of carbonyl (C=O) groups excluding carboxylic acids is 1. The Balaban J connectivity index is 1.75. The SMILES string of the molecule is COC(=O)[C@]1(C)CCC[C@@]2(C)[C@H]1CC[C@@]13C=C(C(C)(C)O)[C@@H](C[C@H]21)OO3. The van der Waals surface area contributed by atoms with Crippen LogP contribution in [0.4, 0.5) is 0 Å². The summed E-state index contributed by atoms with van der Waals surface area (Å²) in [5.41, 5.74) is -0.873. The Kier molecular flexibility index (Phi) is 3.94. The quantitative estimate of drug-likeness (QED) is 0.461. The second-order valence-electron chi connectivity index (χ2n) is 9.93. The monoisotopic (exact) mass is 364 g/mol. The highest BCUT2D eigenvalue weighted by Crippen LogP contribution is 2.67. The summed E-state index contributed by atoms with van der Waals surface area (Å²) in [5, 5.41) is 10.6. The highest BCUT2D eigenvalue weighted by molar-refractivity contribution is 5.77. The zero-order valence-corrected chi connectivity index (χ0v) is 16.6. The molecule has 26 heavy (non-hydrogen) atoms. The Morgan fingerprint density at radius 3 is 2.65 bits per heavy atom. The van der Waals surface area contributed by atoms with E-state index in [1.807, 2.05) is 13.8 Å². The Hall–Kier alpha value is -0.910. The third kappa shape index (κ3) is 2.29. The molecule has 6 atom stereocenters. The summed E-state index contributed by atoms with van der Waals surface area (Å²) in [6.45, 7) is 8.06. The molecule has 5 rings (SSSR count). The smallest absolute Gasteiger partial charge is 0.311 e. The minimum absolute atomic E-state index is 0.00307. The highest BCUT2D eigenvalue weighted by Gasteiger charge is 2.67. The summed E-state index contributed by atoms with van der Waals surface area (Å²) in [4.78, 5) is 24.3. The van der Waals surface area contributed by atoms with E-state index < -0.39 is 16.6 Å². The number of hydrogen-bond donors (Lipinski definition) is 1. The third-order valence-corrected chi connectivity index (χ3v) is 8.06. The Morgan fingerprint density at radius 1 is 1.27 bits per heavy atom.